The van der Waals surface area contributed by atoms with E-state index in [1.165, 1.54) is 0 Å². The molecule has 2 rings (SSSR count). The monoisotopic (exact) mass is 352 g/mol. The SMILES string of the molecule is CCNc1nc(Cl)cc(NCc2cc(OC)c(OC)c(OC)c2)n1. The van der Waals surface area contributed by atoms with Gasteiger partial charge in [-0.25, -0.2) is 4.98 Å². The number of nitrogens with zero attached hydrogens (tertiary/aromatic N) is 2. The van der Waals surface area contributed by atoms with E-state index in [1.807, 2.05) is 19.1 Å². The maximum atomic E-state index is 6.01. The van der Waals surface area contributed by atoms with Crippen LogP contribution in [0.1, 0.15) is 12.5 Å². The van der Waals surface area contributed by atoms with E-state index in [2.05, 4.69) is 20.6 Å². The van der Waals surface area contributed by atoms with Gasteiger partial charge in [-0.1, -0.05) is 11.6 Å². The van der Waals surface area contributed by atoms with E-state index in [-0.39, 0.29) is 0 Å². The summed E-state index contributed by atoms with van der Waals surface area (Å²) < 4.78 is 16.0. The van der Waals surface area contributed by atoms with Crippen molar-refractivity contribution in [3.05, 3.63) is 28.9 Å². The number of halogens is 1. The maximum Gasteiger partial charge on any atom is 0.226 e. The van der Waals surface area contributed by atoms with Crippen LogP contribution < -0.4 is 24.8 Å². The number of hydrogen-bond donors (Lipinski definition) is 2. The lowest BCUT2D eigenvalue weighted by Crippen LogP contribution is -2.07. The van der Waals surface area contributed by atoms with Gasteiger partial charge in [-0.05, 0) is 24.6 Å². The second-order valence-corrected chi connectivity index (χ2v) is 5.20. The highest BCUT2D eigenvalue weighted by Gasteiger charge is 2.13. The maximum absolute atomic E-state index is 6.01. The Hall–Kier alpha value is -2.41. The molecule has 0 aliphatic carbocycles. The van der Waals surface area contributed by atoms with Crippen molar-refractivity contribution in [2.75, 3.05) is 38.5 Å². The van der Waals surface area contributed by atoms with Gasteiger partial charge in [-0.3, -0.25) is 0 Å². The molecule has 0 aliphatic rings. The molecule has 0 fully saturated rings. The molecule has 0 spiro atoms. The van der Waals surface area contributed by atoms with Crippen molar-refractivity contribution in [3.63, 3.8) is 0 Å². The van der Waals surface area contributed by atoms with Crippen molar-refractivity contribution >= 4 is 23.4 Å². The van der Waals surface area contributed by atoms with E-state index in [0.29, 0.717) is 47.3 Å². The van der Waals surface area contributed by atoms with Gasteiger partial charge in [-0.15, -0.1) is 0 Å². The van der Waals surface area contributed by atoms with Gasteiger partial charge >= 0.3 is 0 Å². The van der Waals surface area contributed by atoms with Gasteiger partial charge in [0.1, 0.15) is 11.0 Å². The van der Waals surface area contributed by atoms with Gasteiger partial charge in [0.2, 0.25) is 11.7 Å². The summed E-state index contributed by atoms with van der Waals surface area (Å²) in [4.78, 5) is 8.45. The smallest absolute Gasteiger partial charge is 0.226 e. The van der Waals surface area contributed by atoms with Crippen molar-refractivity contribution in [1.29, 1.82) is 0 Å². The molecular formula is C16H21ClN4O3. The molecule has 0 radical (unpaired) electrons. The Bertz CT molecular complexity index is 672. The third kappa shape index (κ3) is 4.32. The largest absolute Gasteiger partial charge is 0.493 e. The van der Waals surface area contributed by atoms with Crippen LogP contribution in [0, 0.1) is 0 Å². The molecule has 1 heterocycles. The van der Waals surface area contributed by atoms with E-state index in [1.54, 1.807) is 27.4 Å². The van der Waals surface area contributed by atoms with Crippen LogP contribution in [-0.2, 0) is 6.54 Å². The molecule has 8 heteroatoms. The van der Waals surface area contributed by atoms with Crippen LogP contribution in [0.3, 0.4) is 0 Å². The van der Waals surface area contributed by atoms with Crippen molar-refractivity contribution in [2.45, 2.75) is 13.5 Å². The van der Waals surface area contributed by atoms with E-state index in [9.17, 15) is 0 Å². The Morgan fingerprint density at radius 2 is 1.62 bits per heavy atom. The average Bonchev–Trinajstić information content (AvgIpc) is 2.58. The van der Waals surface area contributed by atoms with Crippen LogP contribution in [0.4, 0.5) is 11.8 Å². The first-order valence-corrected chi connectivity index (χ1v) is 7.80. The lowest BCUT2D eigenvalue weighted by molar-refractivity contribution is 0.324. The Morgan fingerprint density at radius 3 is 2.17 bits per heavy atom. The molecular weight excluding hydrogens is 332 g/mol. The molecule has 1 aromatic carbocycles. The summed E-state index contributed by atoms with van der Waals surface area (Å²) in [6, 6.07) is 5.42. The minimum atomic E-state index is 0.369. The number of hydrogen-bond acceptors (Lipinski definition) is 7. The molecule has 0 atom stereocenters. The third-order valence-electron chi connectivity index (χ3n) is 3.23. The highest BCUT2D eigenvalue weighted by atomic mass is 35.5. The zero-order chi connectivity index (χ0) is 17.5. The molecule has 0 unspecified atom stereocenters. The molecule has 24 heavy (non-hydrogen) atoms. The number of nitrogens with one attached hydrogen (secondary N) is 2. The first-order valence-electron chi connectivity index (χ1n) is 7.42. The molecule has 0 saturated carbocycles. The first-order chi connectivity index (χ1) is 11.6. The molecule has 7 nitrogen and oxygen atoms in total. The van der Waals surface area contributed by atoms with Crippen molar-refractivity contribution in [1.82, 2.24) is 9.97 Å². The third-order valence-corrected chi connectivity index (χ3v) is 3.42. The van der Waals surface area contributed by atoms with Gasteiger partial charge < -0.3 is 24.8 Å². The quantitative estimate of drug-likeness (QED) is 0.706. The Kier molecular flexibility index (Phi) is 6.31. The van der Waals surface area contributed by atoms with Crippen LogP contribution in [0.15, 0.2) is 18.2 Å². The predicted octanol–water partition coefficient (Wildman–Crippen LogP) is 3.20. The van der Waals surface area contributed by atoms with E-state index < -0.39 is 0 Å². The van der Waals surface area contributed by atoms with E-state index in [4.69, 9.17) is 25.8 Å². The van der Waals surface area contributed by atoms with E-state index >= 15 is 0 Å². The minimum Gasteiger partial charge on any atom is -0.493 e. The van der Waals surface area contributed by atoms with Gasteiger partial charge in [0, 0.05) is 19.2 Å². The molecule has 0 amide bonds. The number of ether oxygens (including phenoxy) is 3. The van der Waals surface area contributed by atoms with Gasteiger partial charge in [0.15, 0.2) is 11.5 Å². The second-order valence-electron chi connectivity index (χ2n) is 4.82. The first kappa shape index (κ1) is 17.9. The topological polar surface area (TPSA) is 77.5 Å². The summed E-state index contributed by atoms with van der Waals surface area (Å²) in [6.45, 7) is 3.19. The summed E-state index contributed by atoms with van der Waals surface area (Å²) in [5.41, 5.74) is 0.948. The molecule has 130 valence electrons. The van der Waals surface area contributed by atoms with Crippen LogP contribution in [-0.4, -0.2) is 37.8 Å². The van der Waals surface area contributed by atoms with Crippen molar-refractivity contribution in [2.24, 2.45) is 0 Å². The van der Waals surface area contributed by atoms with Crippen LogP contribution in [0.5, 0.6) is 17.2 Å². The normalized spacial score (nSPS) is 10.2. The number of rotatable bonds is 8. The summed E-state index contributed by atoms with van der Waals surface area (Å²) in [5, 5.41) is 6.62. The van der Waals surface area contributed by atoms with E-state index in [0.717, 1.165) is 5.56 Å². The summed E-state index contributed by atoms with van der Waals surface area (Å²) in [5.74, 6) is 2.87. The van der Waals surface area contributed by atoms with Gasteiger partial charge in [0.25, 0.3) is 0 Å². The fourth-order valence-corrected chi connectivity index (χ4v) is 2.36. The zero-order valence-electron chi connectivity index (χ0n) is 14.1. The lowest BCUT2D eigenvalue weighted by Gasteiger charge is -2.15. The van der Waals surface area contributed by atoms with Gasteiger partial charge in [0.05, 0.1) is 21.3 Å². The summed E-state index contributed by atoms with van der Waals surface area (Å²) in [6.07, 6.45) is 0. The van der Waals surface area contributed by atoms with Gasteiger partial charge in [-0.2, -0.15) is 4.98 Å². The standard InChI is InChI=1S/C16H21ClN4O3/c1-5-18-16-20-13(17)8-14(21-16)19-9-10-6-11(22-2)15(24-4)12(7-10)23-3/h6-8H,5,9H2,1-4H3,(H2,18,19,20,21). The highest BCUT2D eigenvalue weighted by Crippen LogP contribution is 2.38. The number of methoxy groups -OCH3 is 3. The Morgan fingerprint density at radius 1 is 0.958 bits per heavy atom. The number of anilines is 2. The fraction of sp³-hybridized carbons (Fsp3) is 0.375. The van der Waals surface area contributed by atoms with Crippen LogP contribution in [0.2, 0.25) is 5.15 Å². The molecule has 1 aromatic heterocycles. The Labute approximate surface area is 146 Å². The second kappa shape index (κ2) is 8.44. The molecule has 2 N–H and O–H groups in total. The number of benzene rings is 1. The molecule has 0 saturated heterocycles. The lowest BCUT2D eigenvalue weighted by atomic mass is 10.1. The van der Waals surface area contributed by atoms with Crippen LogP contribution in [0.25, 0.3) is 0 Å². The van der Waals surface area contributed by atoms with Crippen LogP contribution >= 0.6 is 11.6 Å². The molecule has 0 bridgehead atoms. The zero-order valence-corrected chi connectivity index (χ0v) is 14.9. The highest BCUT2D eigenvalue weighted by molar-refractivity contribution is 6.29. The Balaban J connectivity index is 2.20. The summed E-state index contributed by atoms with van der Waals surface area (Å²) in [7, 11) is 4.74. The van der Waals surface area contributed by atoms with Crippen molar-refractivity contribution in [3.8, 4) is 17.2 Å². The predicted molar refractivity (Wildman–Crippen MR) is 94.6 cm³/mol. The molecule has 2 aromatic rings. The molecule has 0 aliphatic heterocycles. The fourth-order valence-electron chi connectivity index (χ4n) is 2.18. The summed E-state index contributed by atoms with van der Waals surface area (Å²) >= 11 is 6.01. The number of aromatic nitrogens is 2. The van der Waals surface area contributed by atoms with Crippen molar-refractivity contribution < 1.29 is 14.2 Å². The minimum absolute atomic E-state index is 0.369. The average molecular weight is 353 g/mol.